The minimum Gasteiger partial charge on any atom is -0.497 e. The van der Waals surface area contributed by atoms with Gasteiger partial charge in [0.05, 0.1) is 12.9 Å². The van der Waals surface area contributed by atoms with Gasteiger partial charge in [-0.15, -0.1) is 0 Å². The Morgan fingerprint density at radius 3 is 2.74 bits per heavy atom. The van der Waals surface area contributed by atoms with Crippen molar-refractivity contribution in [2.75, 3.05) is 26.0 Å². The Hall–Kier alpha value is -0.630. The lowest BCUT2D eigenvalue weighted by atomic mass is 10.2. The molecule has 1 rings (SSSR count). The molecular weight excluding hydrogens is 332 g/mol. The topological polar surface area (TPSA) is 67.4 Å². The van der Waals surface area contributed by atoms with Gasteiger partial charge in [0.2, 0.25) is 10.0 Å². The first-order valence-corrected chi connectivity index (χ1v) is 8.43. The first kappa shape index (κ1) is 16.4. The number of hydrogen-bond donors (Lipinski definition) is 2. The van der Waals surface area contributed by atoms with Crippen LogP contribution in [-0.2, 0) is 16.6 Å². The van der Waals surface area contributed by atoms with Gasteiger partial charge in [-0.2, -0.15) is 0 Å². The number of hydrogen-bond acceptors (Lipinski definition) is 4. The van der Waals surface area contributed by atoms with E-state index in [4.69, 9.17) is 4.74 Å². The maximum absolute atomic E-state index is 11.4. The van der Waals surface area contributed by atoms with Crippen molar-refractivity contribution >= 4 is 26.0 Å². The third-order valence-corrected chi connectivity index (χ3v) is 4.72. The Labute approximate surface area is 122 Å². The van der Waals surface area contributed by atoms with E-state index in [2.05, 4.69) is 26.0 Å². The third-order valence-electron chi connectivity index (χ3n) is 2.48. The molecule has 0 saturated carbocycles. The number of sulfonamides is 1. The molecule has 0 heterocycles. The molecule has 0 aliphatic carbocycles. The lowest BCUT2D eigenvalue weighted by Crippen LogP contribution is -2.31. The minimum absolute atomic E-state index is 0.0719. The highest BCUT2D eigenvalue weighted by Crippen LogP contribution is 2.22. The Balaban J connectivity index is 2.45. The first-order valence-electron chi connectivity index (χ1n) is 5.99. The van der Waals surface area contributed by atoms with Crippen molar-refractivity contribution < 1.29 is 13.2 Å². The monoisotopic (exact) mass is 350 g/mol. The van der Waals surface area contributed by atoms with Gasteiger partial charge in [-0.1, -0.05) is 22.9 Å². The number of ether oxygens (including phenoxy) is 1. The standard InChI is InChI=1S/C12H19BrN2O3S/c1-3-15-19(16,17)7-6-14-9-10-8-11(18-2)4-5-12(10)13/h4-5,8,14-15H,3,6-7,9H2,1-2H3. The van der Waals surface area contributed by atoms with E-state index in [1.165, 1.54) is 0 Å². The number of nitrogens with one attached hydrogen (secondary N) is 2. The van der Waals surface area contributed by atoms with E-state index >= 15 is 0 Å². The van der Waals surface area contributed by atoms with Gasteiger partial charge in [0, 0.05) is 24.1 Å². The molecule has 0 bridgehead atoms. The summed E-state index contributed by atoms with van der Waals surface area (Å²) < 4.78 is 31.4. The van der Waals surface area contributed by atoms with Crippen molar-refractivity contribution in [2.24, 2.45) is 0 Å². The number of rotatable bonds is 8. The molecule has 108 valence electrons. The molecule has 0 aliphatic heterocycles. The molecule has 1 aromatic carbocycles. The minimum atomic E-state index is -3.16. The lowest BCUT2D eigenvalue weighted by Gasteiger charge is -2.09. The molecule has 0 aromatic heterocycles. The van der Waals surface area contributed by atoms with Crippen LogP contribution in [-0.4, -0.2) is 34.4 Å². The van der Waals surface area contributed by atoms with E-state index in [0.717, 1.165) is 15.8 Å². The molecule has 7 heteroatoms. The number of methoxy groups -OCH3 is 1. The van der Waals surface area contributed by atoms with E-state index in [0.29, 0.717) is 19.6 Å². The molecule has 0 atom stereocenters. The summed E-state index contributed by atoms with van der Waals surface area (Å²) in [5.74, 6) is 0.850. The van der Waals surface area contributed by atoms with Gasteiger partial charge < -0.3 is 10.1 Å². The van der Waals surface area contributed by atoms with Crippen molar-refractivity contribution in [1.82, 2.24) is 10.0 Å². The Kier molecular flexibility index (Phi) is 6.78. The Bertz CT molecular complexity index is 506. The smallest absolute Gasteiger partial charge is 0.212 e. The van der Waals surface area contributed by atoms with E-state index in [1.54, 1.807) is 14.0 Å². The molecule has 0 amide bonds. The summed E-state index contributed by atoms with van der Waals surface area (Å²) in [7, 11) is -1.54. The first-order chi connectivity index (χ1) is 8.98. The van der Waals surface area contributed by atoms with Crippen LogP contribution < -0.4 is 14.8 Å². The van der Waals surface area contributed by atoms with Crippen molar-refractivity contribution in [3.05, 3.63) is 28.2 Å². The average Bonchev–Trinajstić information content (AvgIpc) is 2.36. The van der Waals surface area contributed by atoms with E-state index < -0.39 is 10.0 Å². The molecular formula is C12H19BrN2O3S. The fraction of sp³-hybridized carbons (Fsp3) is 0.500. The molecule has 0 aliphatic rings. The fourth-order valence-corrected chi connectivity index (χ4v) is 2.92. The van der Waals surface area contributed by atoms with Crippen molar-refractivity contribution in [3.8, 4) is 5.75 Å². The summed E-state index contributed by atoms with van der Waals surface area (Å²) in [5.41, 5.74) is 1.03. The molecule has 2 N–H and O–H groups in total. The highest BCUT2D eigenvalue weighted by atomic mass is 79.9. The van der Waals surface area contributed by atoms with Crippen LogP contribution in [0.2, 0.25) is 0 Å². The zero-order valence-corrected chi connectivity index (χ0v) is 13.5. The molecule has 19 heavy (non-hydrogen) atoms. The zero-order chi connectivity index (χ0) is 14.3. The maximum atomic E-state index is 11.4. The number of halogens is 1. The highest BCUT2D eigenvalue weighted by Gasteiger charge is 2.08. The molecule has 1 aromatic rings. The van der Waals surface area contributed by atoms with Gasteiger partial charge in [-0.3, -0.25) is 0 Å². The van der Waals surface area contributed by atoms with Gasteiger partial charge in [0.1, 0.15) is 5.75 Å². The Morgan fingerprint density at radius 1 is 1.37 bits per heavy atom. The molecule has 5 nitrogen and oxygen atoms in total. The van der Waals surface area contributed by atoms with Crippen molar-refractivity contribution in [3.63, 3.8) is 0 Å². The van der Waals surface area contributed by atoms with Gasteiger partial charge in [-0.05, 0) is 23.8 Å². The highest BCUT2D eigenvalue weighted by molar-refractivity contribution is 9.10. The summed E-state index contributed by atoms with van der Waals surface area (Å²) in [6.45, 7) is 3.17. The van der Waals surface area contributed by atoms with Crippen molar-refractivity contribution in [2.45, 2.75) is 13.5 Å². The van der Waals surface area contributed by atoms with Gasteiger partial charge >= 0.3 is 0 Å². The normalized spacial score (nSPS) is 11.5. The van der Waals surface area contributed by atoms with E-state index in [-0.39, 0.29) is 5.75 Å². The Morgan fingerprint density at radius 2 is 2.11 bits per heavy atom. The number of benzene rings is 1. The van der Waals surface area contributed by atoms with Gasteiger partial charge in [0.25, 0.3) is 0 Å². The predicted octanol–water partition coefficient (Wildman–Crippen LogP) is 1.49. The second-order valence-corrected chi connectivity index (χ2v) is 6.73. The summed E-state index contributed by atoms with van der Waals surface area (Å²) >= 11 is 3.45. The third kappa shape index (κ3) is 5.90. The molecule has 0 saturated heterocycles. The van der Waals surface area contributed by atoms with E-state index in [9.17, 15) is 8.42 Å². The van der Waals surface area contributed by atoms with Gasteiger partial charge in [-0.25, -0.2) is 13.1 Å². The summed E-state index contributed by atoms with van der Waals surface area (Å²) in [6, 6.07) is 5.68. The predicted molar refractivity (Wildman–Crippen MR) is 79.9 cm³/mol. The quantitative estimate of drug-likeness (QED) is 0.697. The van der Waals surface area contributed by atoms with Gasteiger partial charge in [0.15, 0.2) is 0 Å². The van der Waals surface area contributed by atoms with Crippen LogP contribution in [0, 0.1) is 0 Å². The van der Waals surface area contributed by atoms with Crippen LogP contribution in [0.4, 0.5) is 0 Å². The molecule has 0 fully saturated rings. The second-order valence-electron chi connectivity index (χ2n) is 3.95. The maximum Gasteiger partial charge on any atom is 0.212 e. The molecule has 0 unspecified atom stereocenters. The average molecular weight is 351 g/mol. The largest absolute Gasteiger partial charge is 0.497 e. The van der Waals surface area contributed by atoms with Crippen LogP contribution in [0.1, 0.15) is 12.5 Å². The van der Waals surface area contributed by atoms with Crippen LogP contribution in [0.15, 0.2) is 22.7 Å². The summed E-state index contributed by atoms with van der Waals surface area (Å²) in [5, 5.41) is 3.10. The van der Waals surface area contributed by atoms with Crippen LogP contribution in [0.3, 0.4) is 0 Å². The second kappa shape index (κ2) is 7.84. The lowest BCUT2D eigenvalue weighted by molar-refractivity contribution is 0.414. The van der Waals surface area contributed by atoms with Crippen LogP contribution in [0.5, 0.6) is 5.75 Å². The van der Waals surface area contributed by atoms with Crippen LogP contribution in [0.25, 0.3) is 0 Å². The molecule has 0 radical (unpaired) electrons. The SMILES string of the molecule is CCNS(=O)(=O)CCNCc1cc(OC)ccc1Br. The summed E-state index contributed by atoms with van der Waals surface area (Å²) in [6.07, 6.45) is 0. The summed E-state index contributed by atoms with van der Waals surface area (Å²) in [4.78, 5) is 0. The van der Waals surface area contributed by atoms with Crippen molar-refractivity contribution in [1.29, 1.82) is 0 Å². The fourth-order valence-electron chi connectivity index (χ4n) is 1.54. The van der Waals surface area contributed by atoms with Crippen LogP contribution >= 0.6 is 15.9 Å². The molecule has 0 spiro atoms. The van der Waals surface area contributed by atoms with E-state index in [1.807, 2.05) is 18.2 Å². The zero-order valence-electron chi connectivity index (χ0n) is 11.1.